The van der Waals surface area contributed by atoms with Crippen LogP contribution in [-0.2, 0) is 9.59 Å². The summed E-state index contributed by atoms with van der Waals surface area (Å²) in [6.45, 7) is 10.2. The van der Waals surface area contributed by atoms with Gasteiger partial charge in [-0.05, 0) is 49.9 Å². The van der Waals surface area contributed by atoms with Crippen LogP contribution in [0.25, 0.3) is 17.1 Å². The molecule has 7 nitrogen and oxygen atoms in total. The molecule has 7 heteroatoms. The number of benzene rings is 3. The third-order valence-electron chi connectivity index (χ3n) is 6.94. The van der Waals surface area contributed by atoms with E-state index in [1.54, 1.807) is 9.80 Å². The van der Waals surface area contributed by atoms with Gasteiger partial charge in [0, 0.05) is 17.3 Å². The molecule has 3 aromatic carbocycles. The summed E-state index contributed by atoms with van der Waals surface area (Å²) in [5, 5.41) is 9.17. The summed E-state index contributed by atoms with van der Waals surface area (Å²) >= 11 is 0. The molecule has 2 amide bonds. The summed E-state index contributed by atoms with van der Waals surface area (Å²) in [7, 11) is 0. The van der Waals surface area contributed by atoms with E-state index in [-0.39, 0.29) is 29.8 Å². The van der Waals surface area contributed by atoms with Crippen LogP contribution in [0.1, 0.15) is 52.8 Å². The van der Waals surface area contributed by atoms with Crippen molar-refractivity contribution < 1.29 is 9.59 Å². The van der Waals surface area contributed by atoms with E-state index in [4.69, 9.17) is 0 Å². The molecule has 0 spiro atoms. The highest BCUT2D eigenvalue weighted by molar-refractivity contribution is 6.07. The van der Waals surface area contributed by atoms with Gasteiger partial charge in [0.1, 0.15) is 6.54 Å². The molecule has 0 saturated carbocycles. The Balaban J connectivity index is 1.65. The quantitative estimate of drug-likeness (QED) is 0.301. The van der Waals surface area contributed by atoms with Gasteiger partial charge in [0.15, 0.2) is 11.6 Å². The van der Waals surface area contributed by atoms with E-state index in [1.165, 1.54) is 0 Å². The minimum Gasteiger partial charge on any atom is -0.308 e. The Bertz CT molecular complexity index is 1470. The SMILES string of the molecule is CC(C)N(C(=O)CN1C(=O)C(CC(C)(C)C)c2nnc(-c3ccccc3)n2-c2ccccc21)c1ccccc1. The Morgan fingerprint density at radius 2 is 1.46 bits per heavy atom. The molecule has 1 aliphatic heterocycles. The van der Waals surface area contributed by atoms with Gasteiger partial charge >= 0.3 is 0 Å². The van der Waals surface area contributed by atoms with Crippen molar-refractivity contribution in [2.45, 2.75) is 53.0 Å². The molecule has 0 fully saturated rings. The summed E-state index contributed by atoms with van der Waals surface area (Å²) in [6, 6.07) is 27.1. The van der Waals surface area contributed by atoms with Gasteiger partial charge in [0.2, 0.25) is 11.8 Å². The van der Waals surface area contributed by atoms with E-state index in [1.807, 2.05) is 103 Å². The fourth-order valence-corrected chi connectivity index (χ4v) is 5.32. The molecule has 39 heavy (non-hydrogen) atoms. The molecule has 0 saturated heterocycles. The van der Waals surface area contributed by atoms with Gasteiger partial charge in [0.25, 0.3) is 0 Å². The maximum atomic E-state index is 14.4. The van der Waals surface area contributed by atoms with E-state index >= 15 is 0 Å². The number of carbonyl (C=O) groups is 2. The highest BCUT2D eigenvalue weighted by atomic mass is 16.2. The molecule has 1 atom stereocenters. The Hall–Kier alpha value is -4.26. The highest BCUT2D eigenvalue weighted by Crippen LogP contribution is 2.41. The number of anilines is 2. The summed E-state index contributed by atoms with van der Waals surface area (Å²) in [4.78, 5) is 31.8. The number of carbonyl (C=O) groups excluding carboxylic acids is 2. The smallest absolute Gasteiger partial charge is 0.247 e. The monoisotopic (exact) mass is 521 g/mol. The maximum Gasteiger partial charge on any atom is 0.247 e. The molecule has 0 aliphatic carbocycles. The molecule has 1 aromatic heterocycles. The van der Waals surface area contributed by atoms with Gasteiger partial charge in [-0.3, -0.25) is 14.2 Å². The minimum absolute atomic E-state index is 0.0769. The second kappa shape index (κ2) is 10.5. The summed E-state index contributed by atoms with van der Waals surface area (Å²) in [6.07, 6.45) is 0.560. The zero-order valence-electron chi connectivity index (χ0n) is 23.2. The number of para-hydroxylation sites is 3. The van der Waals surface area contributed by atoms with Crippen LogP contribution in [0.4, 0.5) is 11.4 Å². The number of nitrogens with zero attached hydrogens (tertiary/aromatic N) is 5. The van der Waals surface area contributed by atoms with E-state index in [9.17, 15) is 9.59 Å². The van der Waals surface area contributed by atoms with Crippen molar-refractivity contribution in [2.24, 2.45) is 5.41 Å². The van der Waals surface area contributed by atoms with Crippen LogP contribution in [-0.4, -0.2) is 39.2 Å². The molecule has 200 valence electrons. The number of amides is 2. The predicted octanol–water partition coefficient (Wildman–Crippen LogP) is 6.24. The number of rotatable bonds is 6. The fraction of sp³-hybridized carbons (Fsp3) is 0.312. The molecule has 0 N–H and O–H groups in total. The van der Waals surface area contributed by atoms with Crippen LogP contribution in [0.5, 0.6) is 0 Å². The van der Waals surface area contributed by atoms with Gasteiger partial charge in [-0.15, -0.1) is 10.2 Å². The van der Waals surface area contributed by atoms with E-state index in [2.05, 4.69) is 31.0 Å². The molecular formula is C32H35N5O2. The Kier molecular flexibility index (Phi) is 7.08. The molecule has 0 bridgehead atoms. The molecule has 1 unspecified atom stereocenters. The van der Waals surface area contributed by atoms with Crippen LogP contribution in [0.3, 0.4) is 0 Å². The van der Waals surface area contributed by atoms with Crippen LogP contribution < -0.4 is 9.80 Å². The standard InChI is InChI=1S/C32H35N5O2/c1-22(2)36(24-16-10-7-11-17-24)28(38)21-35-26-18-12-13-19-27(26)37-29(23-14-8-6-9-15-23)33-34-30(37)25(31(35)39)20-32(3,4)5/h6-19,22,25H,20-21H2,1-5H3. The van der Waals surface area contributed by atoms with Crippen molar-refractivity contribution >= 4 is 23.2 Å². The first-order chi connectivity index (χ1) is 18.7. The Labute approximate surface area is 230 Å². The first kappa shape index (κ1) is 26.4. The van der Waals surface area contributed by atoms with E-state index in [0.717, 1.165) is 16.9 Å². The minimum atomic E-state index is -0.570. The first-order valence-corrected chi connectivity index (χ1v) is 13.4. The summed E-state index contributed by atoms with van der Waals surface area (Å²) in [5.74, 6) is 0.411. The average Bonchev–Trinajstić information content (AvgIpc) is 3.32. The normalized spacial score (nSPS) is 15.1. The summed E-state index contributed by atoms with van der Waals surface area (Å²) in [5.41, 5.74) is 3.01. The third kappa shape index (κ3) is 5.21. The summed E-state index contributed by atoms with van der Waals surface area (Å²) < 4.78 is 2.00. The van der Waals surface area contributed by atoms with Crippen molar-refractivity contribution in [3.63, 3.8) is 0 Å². The highest BCUT2D eigenvalue weighted by Gasteiger charge is 2.40. The average molecular weight is 522 g/mol. The molecule has 1 aliphatic rings. The van der Waals surface area contributed by atoms with Gasteiger partial charge in [-0.2, -0.15) is 0 Å². The van der Waals surface area contributed by atoms with Crippen LogP contribution >= 0.6 is 0 Å². The van der Waals surface area contributed by atoms with Gasteiger partial charge in [-0.1, -0.05) is 81.4 Å². The lowest BCUT2D eigenvalue weighted by Gasteiger charge is -2.32. The van der Waals surface area contributed by atoms with Crippen LogP contribution in [0, 0.1) is 5.41 Å². The molecule has 4 aromatic rings. The largest absolute Gasteiger partial charge is 0.308 e. The van der Waals surface area contributed by atoms with Crippen LogP contribution in [0.15, 0.2) is 84.9 Å². The zero-order valence-corrected chi connectivity index (χ0v) is 23.2. The van der Waals surface area contributed by atoms with Crippen molar-refractivity contribution in [1.82, 2.24) is 14.8 Å². The molecule has 0 radical (unpaired) electrons. The van der Waals surface area contributed by atoms with Crippen LogP contribution in [0.2, 0.25) is 0 Å². The number of aromatic nitrogens is 3. The number of fused-ring (bicyclic) bond motifs is 3. The topological polar surface area (TPSA) is 71.3 Å². The molecular weight excluding hydrogens is 486 g/mol. The van der Waals surface area contributed by atoms with Crippen molar-refractivity contribution in [2.75, 3.05) is 16.3 Å². The first-order valence-electron chi connectivity index (χ1n) is 13.4. The van der Waals surface area contributed by atoms with Gasteiger partial charge in [-0.25, -0.2) is 0 Å². The van der Waals surface area contributed by atoms with E-state index in [0.29, 0.717) is 23.8 Å². The molecule has 2 heterocycles. The van der Waals surface area contributed by atoms with Crippen molar-refractivity contribution in [3.05, 3.63) is 90.8 Å². The lowest BCUT2D eigenvalue weighted by molar-refractivity contribution is -0.124. The second-order valence-electron chi connectivity index (χ2n) is 11.5. The number of hydrogen-bond donors (Lipinski definition) is 0. The van der Waals surface area contributed by atoms with Gasteiger partial charge < -0.3 is 9.80 Å². The third-order valence-corrected chi connectivity index (χ3v) is 6.94. The lowest BCUT2D eigenvalue weighted by atomic mass is 9.83. The molecule has 5 rings (SSSR count). The zero-order chi connectivity index (χ0) is 27.7. The van der Waals surface area contributed by atoms with Gasteiger partial charge in [0.05, 0.1) is 17.3 Å². The Morgan fingerprint density at radius 3 is 2.08 bits per heavy atom. The number of hydrogen-bond acceptors (Lipinski definition) is 4. The predicted molar refractivity (Wildman–Crippen MR) is 155 cm³/mol. The lowest BCUT2D eigenvalue weighted by Crippen LogP contribution is -2.47. The van der Waals surface area contributed by atoms with Crippen molar-refractivity contribution in [1.29, 1.82) is 0 Å². The van der Waals surface area contributed by atoms with Crippen molar-refractivity contribution in [3.8, 4) is 17.1 Å². The maximum absolute atomic E-state index is 14.4. The Morgan fingerprint density at radius 1 is 0.872 bits per heavy atom. The fourth-order valence-electron chi connectivity index (χ4n) is 5.32. The second-order valence-corrected chi connectivity index (χ2v) is 11.5. The van der Waals surface area contributed by atoms with E-state index < -0.39 is 5.92 Å².